The third-order valence-electron chi connectivity index (χ3n) is 2.85. The fourth-order valence-corrected chi connectivity index (χ4v) is 2.10. The molecule has 0 aliphatic carbocycles. The van der Waals surface area contributed by atoms with Crippen LogP contribution in [-0.2, 0) is 6.54 Å². The summed E-state index contributed by atoms with van der Waals surface area (Å²) < 4.78 is 14.4. The van der Waals surface area contributed by atoms with Gasteiger partial charge in [0.1, 0.15) is 5.82 Å². The second-order valence-electron chi connectivity index (χ2n) is 4.41. The number of nitro groups is 1. The Kier molecular flexibility index (Phi) is 4.34. The van der Waals surface area contributed by atoms with Crippen LogP contribution in [0.5, 0.6) is 0 Å². The van der Waals surface area contributed by atoms with Crippen LogP contribution in [0.4, 0.5) is 15.8 Å². The Bertz CT molecular complexity index is 632. The number of hydrogen-bond donors (Lipinski definition) is 0. The predicted octanol–water partition coefficient (Wildman–Crippen LogP) is 4.13. The minimum Gasteiger partial charge on any atom is -0.370 e. The lowest BCUT2D eigenvalue weighted by molar-refractivity contribution is -0.385. The summed E-state index contributed by atoms with van der Waals surface area (Å²) >= 11 is 3.35. The van der Waals surface area contributed by atoms with Gasteiger partial charge in [-0.05, 0) is 23.8 Å². The molecule has 4 nitrogen and oxygen atoms in total. The highest BCUT2D eigenvalue weighted by Crippen LogP contribution is 2.24. The Morgan fingerprint density at radius 1 is 1.25 bits per heavy atom. The minimum absolute atomic E-state index is 0.248. The molecule has 0 N–H and O–H groups in total. The van der Waals surface area contributed by atoms with Gasteiger partial charge in [0.15, 0.2) is 0 Å². The van der Waals surface area contributed by atoms with Crippen LogP contribution in [0.2, 0.25) is 0 Å². The van der Waals surface area contributed by atoms with Gasteiger partial charge in [0.25, 0.3) is 5.69 Å². The number of rotatable bonds is 4. The first-order valence-corrected chi connectivity index (χ1v) is 6.65. The van der Waals surface area contributed by atoms with Gasteiger partial charge in [-0.1, -0.05) is 28.1 Å². The number of hydrogen-bond acceptors (Lipinski definition) is 3. The van der Waals surface area contributed by atoms with E-state index in [4.69, 9.17) is 0 Å². The van der Waals surface area contributed by atoms with Crippen LogP contribution in [0.3, 0.4) is 0 Å². The Balaban J connectivity index is 2.22. The number of benzene rings is 2. The van der Waals surface area contributed by atoms with Gasteiger partial charge >= 0.3 is 0 Å². The van der Waals surface area contributed by atoms with Crippen molar-refractivity contribution in [3.05, 3.63) is 68.4 Å². The van der Waals surface area contributed by atoms with Crippen molar-refractivity contribution in [2.75, 3.05) is 11.9 Å². The molecule has 0 aliphatic heterocycles. The van der Waals surface area contributed by atoms with E-state index in [1.165, 1.54) is 12.1 Å². The third kappa shape index (κ3) is 3.54. The molecule has 0 aliphatic rings. The molecule has 0 spiro atoms. The van der Waals surface area contributed by atoms with E-state index in [0.29, 0.717) is 12.2 Å². The Hall–Kier alpha value is -1.95. The standard InChI is InChI=1S/C14H12BrFN2O2/c1-17(9-10-2-4-11(15)5-3-10)13-6-12(16)7-14(8-13)18(19)20/h2-8H,9H2,1H3. The largest absolute Gasteiger partial charge is 0.370 e. The predicted molar refractivity (Wildman–Crippen MR) is 79.3 cm³/mol. The second-order valence-corrected chi connectivity index (χ2v) is 5.32. The number of anilines is 1. The van der Waals surface area contributed by atoms with Gasteiger partial charge in [-0.15, -0.1) is 0 Å². The van der Waals surface area contributed by atoms with E-state index in [-0.39, 0.29) is 5.69 Å². The van der Waals surface area contributed by atoms with Gasteiger partial charge in [-0.2, -0.15) is 0 Å². The van der Waals surface area contributed by atoms with Crippen LogP contribution in [0.1, 0.15) is 5.56 Å². The normalized spacial score (nSPS) is 10.3. The highest BCUT2D eigenvalue weighted by Gasteiger charge is 2.12. The van der Waals surface area contributed by atoms with Crippen LogP contribution in [0.25, 0.3) is 0 Å². The fraction of sp³-hybridized carbons (Fsp3) is 0.143. The maximum atomic E-state index is 13.4. The molecule has 0 atom stereocenters. The monoisotopic (exact) mass is 338 g/mol. The Labute approximate surface area is 124 Å². The summed E-state index contributed by atoms with van der Waals surface area (Å²) in [5.41, 5.74) is 1.25. The van der Waals surface area contributed by atoms with Crippen LogP contribution in [0.15, 0.2) is 46.9 Å². The smallest absolute Gasteiger partial charge is 0.274 e. The van der Waals surface area contributed by atoms with Gasteiger partial charge in [0, 0.05) is 29.8 Å². The lowest BCUT2D eigenvalue weighted by Gasteiger charge is -2.19. The minimum atomic E-state index is -0.614. The zero-order valence-electron chi connectivity index (χ0n) is 10.7. The third-order valence-corrected chi connectivity index (χ3v) is 3.38. The summed E-state index contributed by atoms with van der Waals surface area (Å²) in [6, 6.07) is 11.3. The molecule has 2 rings (SSSR count). The molecule has 2 aromatic carbocycles. The molecule has 104 valence electrons. The summed E-state index contributed by atoms with van der Waals surface area (Å²) in [7, 11) is 1.76. The first-order chi connectivity index (χ1) is 9.45. The lowest BCUT2D eigenvalue weighted by Crippen LogP contribution is -2.16. The van der Waals surface area contributed by atoms with E-state index in [1.807, 2.05) is 24.3 Å². The highest BCUT2D eigenvalue weighted by molar-refractivity contribution is 9.10. The van der Waals surface area contributed by atoms with Crippen molar-refractivity contribution >= 4 is 27.3 Å². The van der Waals surface area contributed by atoms with Crippen molar-refractivity contribution in [1.82, 2.24) is 0 Å². The summed E-state index contributed by atoms with van der Waals surface area (Å²) in [5, 5.41) is 10.7. The SMILES string of the molecule is CN(Cc1ccc(Br)cc1)c1cc(F)cc([N+](=O)[O-])c1. The van der Waals surface area contributed by atoms with Crippen molar-refractivity contribution in [2.45, 2.75) is 6.54 Å². The molecule has 0 unspecified atom stereocenters. The zero-order valence-corrected chi connectivity index (χ0v) is 12.3. The fourth-order valence-electron chi connectivity index (χ4n) is 1.84. The van der Waals surface area contributed by atoms with Crippen molar-refractivity contribution in [1.29, 1.82) is 0 Å². The average Bonchev–Trinajstić information content (AvgIpc) is 2.40. The number of nitrogens with zero attached hydrogens (tertiary/aromatic N) is 2. The van der Waals surface area contributed by atoms with Gasteiger partial charge in [0.2, 0.25) is 0 Å². The summed E-state index contributed by atoms with van der Waals surface area (Å²) in [5.74, 6) is -0.614. The molecule has 0 saturated heterocycles. The Morgan fingerprint density at radius 3 is 2.50 bits per heavy atom. The maximum absolute atomic E-state index is 13.4. The first-order valence-electron chi connectivity index (χ1n) is 5.86. The van der Waals surface area contributed by atoms with Gasteiger partial charge in [0.05, 0.1) is 11.0 Å². The highest BCUT2D eigenvalue weighted by atomic mass is 79.9. The van der Waals surface area contributed by atoms with Crippen LogP contribution >= 0.6 is 15.9 Å². The molecule has 0 fully saturated rings. The summed E-state index contributed by atoms with van der Waals surface area (Å²) in [6.07, 6.45) is 0. The molecule has 0 aromatic heterocycles. The van der Waals surface area contributed by atoms with E-state index < -0.39 is 10.7 Å². The quantitative estimate of drug-likeness (QED) is 0.621. The molecule has 0 bridgehead atoms. The van der Waals surface area contributed by atoms with E-state index >= 15 is 0 Å². The molecular formula is C14H12BrFN2O2. The molecule has 2 aromatic rings. The van der Waals surface area contributed by atoms with Gasteiger partial charge < -0.3 is 4.90 Å². The Morgan fingerprint density at radius 2 is 1.90 bits per heavy atom. The van der Waals surface area contributed by atoms with Crippen LogP contribution in [-0.4, -0.2) is 12.0 Å². The van der Waals surface area contributed by atoms with E-state index in [9.17, 15) is 14.5 Å². The van der Waals surface area contributed by atoms with Crippen LogP contribution in [0, 0.1) is 15.9 Å². The van der Waals surface area contributed by atoms with Crippen molar-refractivity contribution in [3.63, 3.8) is 0 Å². The average molecular weight is 339 g/mol. The second kappa shape index (κ2) is 6.00. The summed E-state index contributed by atoms with van der Waals surface area (Å²) in [6.45, 7) is 0.536. The molecule has 0 saturated carbocycles. The van der Waals surface area contributed by atoms with Gasteiger partial charge in [-0.3, -0.25) is 10.1 Å². The molecule has 0 radical (unpaired) electrons. The van der Waals surface area contributed by atoms with Crippen molar-refractivity contribution in [3.8, 4) is 0 Å². The van der Waals surface area contributed by atoms with E-state index in [0.717, 1.165) is 16.1 Å². The lowest BCUT2D eigenvalue weighted by atomic mass is 10.2. The molecular weight excluding hydrogens is 327 g/mol. The van der Waals surface area contributed by atoms with Gasteiger partial charge in [-0.25, -0.2) is 4.39 Å². The summed E-state index contributed by atoms with van der Waals surface area (Å²) in [4.78, 5) is 11.9. The number of halogens is 2. The van der Waals surface area contributed by atoms with Crippen molar-refractivity contribution in [2.24, 2.45) is 0 Å². The molecule has 0 heterocycles. The van der Waals surface area contributed by atoms with E-state index in [1.54, 1.807) is 11.9 Å². The first kappa shape index (κ1) is 14.5. The van der Waals surface area contributed by atoms with Crippen LogP contribution < -0.4 is 4.90 Å². The molecule has 0 amide bonds. The number of nitro benzene ring substituents is 1. The maximum Gasteiger partial charge on any atom is 0.274 e. The zero-order chi connectivity index (χ0) is 14.7. The molecule has 20 heavy (non-hydrogen) atoms. The van der Waals surface area contributed by atoms with E-state index in [2.05, 4.69) is 15.9 Å². The van der Waals surface area contributed by atoms with Crippen molar-refractivity contribution < 1.29 is 9.31 Å². The number of non-ortho nitro benzene ring substituents is 1. The molecule has 6 heteroatoms. The topological polar surface area (TPSA) is 46.4 Å².